The van der Waals surface area contributed by atoms with Gasteiger partial charge in [0.25, 0.3) is 0 Å². The first-order valence-corrected chi connectivity index (χ1v) is 17.0. The molecule has 0 saturated carbocycles. The Labute approximate surface area is 283 Å². The molecule has 1 saturated heterocycles. The number of hydrogen-bond acceptors (Lipinski definition) is 7. The zero-order chi connectivity index (χ0) is 32.5. The Morgan fingerprint density at radius 2 is 1.76 bits per heavy atom. The molecule has 0 aliphatic carbocycles. The quantitative estimate of drug-likeness (QED) is 0.195. The highest BCUT2D eigenvalue weighted by Gasteiger charge is 2.33. The van der Waals surface area contributed by atoms with Gasteiger partial charge in [-0.25, -0.2) is 4.94 Å². The van der Waals surface area contributed by atoms with Crippen LogP contribution in [0.3, 0.4) is 0 Å². The monoisotopic (exact) mass is 664 g/mol. The van der Waals surface area contributed by atoms with Crippen molar-refractivity contribution in [2.24, 2.45) is 0 Å². The third kappa shape index (κ3) is 8.89. The Morgan fingerprint density at radius 1 is 1.04 bits per heavy atom. The normalized spacial score (nSPS) is 18.2. The van der Waals surface area contributed by atoms with Crippen molar-refractivity contribution in [1.82, 2.24) is 31.0 Å². The van der Waals surface area contributed by atoms with Crippen molar-refractivity contribution in [2.75, 3.05) is 52.9 Å². The van der Waals surface area contributed by atoms with E-state index in [1.54, 1.807) is 7.05 Å². The number of halogens is 2. The molecule has 1 fully saturated rings. The Kier molecular flexibility index (Phi) is 12.5. The summed E-state index contributed by atoms with van der Waals surface area (Å²) in [6, 6.07) is 24.0. The summed E-state index contributed by atoms with van der Waals surface area (Å²) in [6.45, 7) is 11.4. The van der Waals surface area contributed by atoms with Crippen molar-refractivity contribution >= 4 is 29.1 Å². The van der Waals surface area contributed by atoms with Gasteiger partial charge in [-0.2, -0.15) is 10.5 Å². The second-order valence-electron chi connectivity index (χ2n) is 12.0. The first kappa shape index (κ1) is 34.4. The fourth-order valence-corrected chi connectivity index (χ4v) is 6.95. The van der Waals surface area contributed by atoms with E-state index in [0.29, 0.717) is 44.0 Å². The molecule has 46 heavy (non-hydrogen) atoms. The van der Waals surface area contributed by atoms with Crippen LogP contribution in [0.15, 0.2) is 85.1 Å². The van der Waals surface area contributed by atoms with E-state index < -0.39 is 6.04 Å². The lowest BCUT2D eigenvalue weighted by atomic mass is 9.91. The molecular weight excluding hydrogens is 619 g/mol. The predicted molar refractivity (Wildman–Crippen MR) is 186 cm³/mol. The molecule has 2 aliphatic rings. The van der Waals surface area contributed by atoms with Crippen molar-refractivity contribution in [1.29, 1.82) is 0 Å². The third-order valence-corrected chi connectivity index (χ3v) is 9.57. The van der Waals surface area contributed by atoms with Crippen LogP contribution in [-0.4, -0.2) is 79.7 Å². The van der Waals surface area contributed by atoms with E-state index in [9.17, 15) is 4.79 Å². The Hall–Kier alpha value is -2.95. The van der Waals surface area contributed by atoms with Crippen molar-refractivity contribution in [3.05, 3.63) is 117 Å². The molecule has 0 radical (unpaired) electrons. The molecule has 8 nitrogen and oxygen atoms in total. The van der Waals surface area contributed by atoms with Gasteiger partial charge in [-0.3, -0.25) is 9.69 Å². The van der Waals surface area contributed by atoms with Gasteiger partial charge in [0, 0.05) is 80.9 Å². The van der Waals surface area contributed by atoms with Gasteiger partial charge in [0.1, 0.15) is 6.04 Å². The van der Waals surface area contributed by atoms with Crippen LogP contribution in [-0.2, 0) is 22.6 Å². The average molecular weight is 666 g/mol. The number of carbonyl (C=O) groups excluding carboxylic acids is 1. The highest BCUT2D eigenvalue weighted by atomic mass is 35.5. The summed E-state index contributed by atoms with van der Waals surface area (Å²) in [4.78, 5) is 24.3. The van der Waals surface area contributed by atoms with Crippen LogP contribution < -0.4 is 16.1 Å². The lowest BCUT2D eigenvalue weighted by molar-refractivity contribution is -0.209. The van der Waals surface area contributed by atoms with Crippen LogP contribution in [0.5, 0.6) is 0 Å². The minimum absolute atomic E-state index is 0.00731. The molecule has 0 spiro atoms. The molecule has 1 amide bonds. The number of piperazine rings is 1. The van der Waals surface area contributed by atoms with Gasteiger partial charge < -0.3 is 15.5 Å². The van der Waals surface area contributed by atoms with Gasteiger partial charge in [0.05, 0.1) is 6.04 Å². The minimum atomic E-state index is -0.446. The van der Waals surface area contributed by atoms with Crippen molar-refractivity contribution in [3.8, 4) is 0 Å². The van der Waals surface area contributed by atoms with E-state index in [4.69, 9.17) is 28.1 Å². The SMILES string of the molecule is C=C(CC1NCCc2ccccc21)NC(Cc1ccc(Cl)cc1)C(=O)N1CCN(C(CN(CC)ONC)c2ccccc2Cl)CC1. The zero-order valence-corrected chi connectivity index (χ0v) is 28.4. The number of nitrogens with zero attached hydrogens (tertiary/aromatic N) is 3. The standard InChI is InChI=1S/C36H46Cl2N6O2/c1-4-44(46-39-3)25-35(31-11-7-8-12-32(31)38)42-19-21-43(22-20-42)36(45)34(24-27-13-15-29(37)16-14-27)41-26(2)23-33-30-10-6-5-9-28(30)17-18-40-33/h5-16,33-35,39-41H,2,4,17-25H2,1,3H3. The summed E-state index contributed by atoms with van der Waals surface area (Å²) in [6.07, 6.45) is 2.27. The summed E-state index contributed by atoms with van der Waals surface area (Å²) in [5, 5.41) is 10.5. The molecule has 2 heterocycles. The van der Waals surface area contributed by atoms with Gasteiger partial charge in [0.2, 0.25) is 5.91 Å². The minimum Gasteiger partial charge on any atom is -0.377 e. The summed E-state index contributed by atoms with van der Waals surface area (Å²) < 4.78 is 0. The largest absolute Gasteiger partial charge is 0.377 e. The van der Waals surface area contributed by atoms with E-state index in [2.05, 4.69) is 64.8 Å². The van der Waals surface area contributed by atoms with Crippen molar-refractivity contribution < 1.29 is 9.73 Å². The number of likely N-dealkylation sites (N-methyl/N-ethyl adjacent to an activating group) is 1. The lowest BCUT2D eigenvalue weighted by Gasteiger charge is -2.42. The fraction of sp³-hybridized carbons (Fsp3) is 0.417. The molecule has 3 unspecified atom stereocenters. The maximum Gasteiger partial charge on any atom is 0.245 e. The number of hydrogen-bond donors (Lipinski definition) is 3. The smallest absolute Gasteiger partial charge is 0.245 e. The second-order valence-corrected chi connectivity index (χ2v) is 12.8. The number of carbonyl (C=O) groups is 1. The molecular formula is C36H46Cl2N6O2. The Morgan fingerprint density at radius 3 is 2.48 bits per heavy atom. The Bertz CT molecular complexity index is 1450. The zero-order valence-electron chi connectivity index (χ0n) is 26.9. The molecule has 3 N–H and O–H groups in total. The number of nitrogens with one attached hydrogen (secondary N) is 3. The number of fused-ring (bicyclic) bond motifs is 1. The van der Waals surface area contributed by atoms with Gasteiger partial charge in [0.15, 0.2) is 0 Å². The first-order valence-electron chi connectivity index (χ1n) is 16.2. The number of amides is 1. The summed E-state index contributed by atoms with van der Waals surface area (Å²) >= 11 is 12.9. The molecule has 3 atom stereocenters. The van der Waals surface area contributed by atoms with Crippen molar-refractivity contribution in [3.63, 3.8) is 0 Å². The average Bonchev–Trinajstić information content (AvgIpc) is 3.08. The van der Waals surface area contributed by atoms with Gasteiger partial charge >= 0.3 is 0 Å². The molecule has 5 rings (SSSR count). The van der Waals surface area contributed by atoms with Crippen LogP contribution in [0.4, 0.5) is 0 Å². The van der Waals surface area contributed by atoms with Crippen LogP contribution in [0.2, 0.25) is 10.0 Å². The number of hydroxylamine groups is 3. The van der Waals surface area contributed by atoms with E-state index in [0.717, 1.165) is 47.9 Å². The fourth-order valence-electron chi connectivity index (χ4n) is 6.57. The maximum atomic E-state index is 14.2. The van der Waals surface area contributed by atoms with Gasteiger partial charge in [-0.15, -0.1) is 0 Å². The van der Waals surface area contributed by atoms with Gasteiger partial charge in [-0.05, 0) is 53.4 Å². The number of benzene rings is 3. The van der Waals surface area contributed by atoms with Crippen LogP contribution >= 0.6 is 23.2 Å². The molecule has 0 aromatic heterocycles. The summed E-state index contributed by atoms with van der Waals surface area (Å²) in [7, 11) is 1.76. The van der Waals surface area contributed by atoms with E-state index in [1.807, 2.05) is 52.4 Å². The number of rotatable bonds is 14. The Balaban J connectivity index is 1.28. The maximum absolute atomic E-state index is 14.2. The molecule has 0 bridgehead atoms. The first-order chi connectivity index (χ1) is 22.4. The highest BCUT2D eigenvalue weighted by Crippen LogP contribution is 2.30. The van der Waals surface area contributed by atoms with Crippen LogP contribution in [0.25, 0.3) is 0 Å². The molecule has 2 aliphatic heterocycles. The molecule has 3 aromatic rings. The van der Waals surface area contributed by atoms with Crippen LogP contribution in [0, 0.1) is 0 Å². The second kappa shape index (κ2) is 16.7. The predicted octanol–water partition coefficient (Wildman–Crippen LogP) is 5.56. The highest BCUT2D eigenvalue weighted by molar-refractivity contribution is 6.31. The molecule has 246 valence electrons. The topological polar surface area (TPSA) is 72.1 Å². The van der Waals surface area contributed by atoms with Gasteiger partial charge in [-0.1, -0.05) is 91.3 Å². The summed E-state index contributed by atoms with van der Waals surface area (Å²) in [5.41, 5.74) is 8.43. The molecule has 10 heteroatoms. The third-order valence-electron chi connectivity index (χ3n) is 8.98. The van der Waals surface area contributed by atoms with E-state index in [-0.39, 0.29) is 18.0 Å². The van der Waals surface area contributed by atoms with E-state index in [1.165, 1.54) is 11.1 Å². The van der Waals surface area contributed by atoms with Crippen molar-refractivity contribution in [2.45, 2.75) is 44.3 Å². The summed E-state index contributed by atoms with van der Waals surface area (Å²) in [5.74, 6) is 0.0794. The van der Waals surface area contributed by atoms with Crippen LogP contribution in [0.1, 0.15) is 47.7 Å². The lowest BCUT2D eigenvalue weighted by Crippen LogP contribution is -2.56. The van der Waals surface area contributed by atoms with E-state index >= 15 is 0 Å². The molecule has 3 aromatic carbocycles.